The van der Waals surface area contributed by atoms with Crippen molar-refractivity contribution < 1.29 is 4.79 Å². The number of fused-ring (bicyclic) bond motifs is 1. The Balaban J connectivity index is 1.82. The number of hydrogen-bond acceptors (Lipinski definition) is 2. The summed E-state index contributed by atoms with van der Waals surface area (Å²) in [6.07, 6.45) is 5.52. The summed E-state index contributed by atoms with van der Waals surface area (Å²) in [5.41, 5.74) is 1.93. The largest absolute Gasteiger partial charge is 0.348 e. The van der Waals surface area contributed by atoms with Gasteiger partial charge in [0.25, 0.3) is 0 Å². The lowest BCUT2D eigenvalue weighted by Gasteiger charge is -2.13. The number of hydrogen-bond donors (Lipinski definition) is 1. The maximum atomic E-state index is 12.3. The van der Waals surface area contributed by atoms with Crippen LogP contribution in [0.25, 0.3) is 10.9 Å². The summed E-state index contributed by atoms with van der Waals surface area (Å²) in [4.78, 5) is 12.3. The summed E-state index contributed by atoms with van der Waals surface area (Å²) in [5, 5.41) is 8.23. The lowest BCUT2D eigenvalue weighted by atomic mass is 10.2. The highest BCUT2D eigenvalue weighted by molar-refractivity contribution is 5.95. The normalized spacial score (nSPS) is 12.5. The molecule has 108 valence electrons. The highest BCUT2D eigenvalue weighted by Gasteiger charge is 2.15. The lowest BCUT2D eigenvalue weighted by Crippen LogP contribution is -2.23. The summed E-state index contributed by atoms with van der Waals surface area (Å²) in [5.74, 6) is -0.0762. The third-order valence-corrected chi connectivity index (χ3v) is 3.68. The quantitative estimate of drug-likeness (QED) is 0.799. The summed E-state index contributed by atoms with van der Waals surface area (Å²) in [6, 6.07) is 9.51. The van der Waals surface area contributed by atoms with Crippen LogP contribution in [0.4, 0.5) is 5.69 Å². The molecule has 0 spiro atoms. The highest BCUT2D eigenvalue weighted by Crippen LogP contribution is 2.21. The van der Waals surface area contributed by atoms with Gasteiger partial charge in [-0.1, -0.05) is 6.07 Å². The van der Waals surface area contributed by atoms with Gasteiger partial charge in [0.05, 0.1) is 5.52 Å². The molecule has 1 atom stereocenters. The van der Waals surface area contributed by atoms with Gasteiger partial charge in [-0.25, -0.2) is 0 Å². The molecule has 0 saturated heterocycles. The van der Waals surface area contributed by atoms with Crippen molar-refractivity contribution in [3.05, 3.63) is 48.9 Å². The van der Waals surface area contributed by atoms with E-state index in [9.17, 15) is 4.79 Å². The average molecular weight is 282 g/mol. The molecule has 5 nitrogen and oxygen atoms in total. The Morgan fingerprint density at radius 2 is 2.19 bits per heavy atom. The van der Waals surface area contributed by atoms with E-state index in [-0.39, 0.29) is 11.9 Å². The van der Waals surface area contributed by atoms with Crippen LogP contribution in [0.2, 0.25) is 0 Å². The second kappa shape index (κ2) is 5.44. The first kappa shape index (κ1) is 13.4. The average Bonchev–Trinajstić information content (AvgIpc) is 3.15. The van der Waals surface area contributed by atoms with Crippen molar-refractivity contribution in [3.63, 3.8) is 0 Å². The van der Waals surface area contributed by atoms with E-state index in [4.69, 9.17) is 0 Å². The molecule has 0 radical (unpaired) electrons. The standard InChI is InChI=1S/C16H18N4O/c1-3-19-10-7-13-5-6-14(11-15(13)19)18-16(21)12(2)20-9-4-8-17-20/h4-12H,3H2,1-2H3,(H,18,21). The van der Waals surface area contributed by atoms with Crippen LogP contribution in [0.3, 0.4) is 0 Å². The van der Waals surface area contributed by atoms with Crippen molar-refractivity contribution in [1.29, 1.82) is 0 Å². The van der Waals surface area contributed by atoms with Gasteiger partial charge in [0, 0.05) is 30.8 Å². The van der Waals surface area contributed by atoms with Crippen LogP contribution < -0.4 is 5.32 Å². The first-order chi connectivity index (χ1) is 10.2. The van der Waals surface area contributed by atoms with E-state index in [1.165, 1.54) is 5.39 Å². The Hall–Kier alpha value is -2.56. The van der Waals surface area contributed by atoms with E-state index in [1.807, 2.05) is 31.2 Å². The Labute approximate surface area is 123 Å². The molecule has 0 aliphatic rings. The molecule has 1 N–H and O–H groups in total. The van der Waals surface area contributed by atoms with Gasteiger partial charge in [0.1, 0.15) is 6.04 Å². The highest BCUT2D eigenvalue weighted by atomic mass is 16.2. The van der Waals surface area contributed by atoms with E-state index in [1.54, 1.807) is 17.1 Å². The molecule has 3 aromatic rings. The number of benzene rings is 1. The minimum absolute atomic E-state index is 0.0762. The summed E-state index contributed by atoms with van der Waals surface area (Å²) >= 11 is 0. The third-order valence-electron chi connectivity index (χ3n) is 3.68. The molecule has 5 heteroatoms. The predicted molar refractivity (Wildman–Crippen MR) is 83.2 cm³/mol. The minimum Gasteiger partial charge on any atom is -0.348 e. The molecule has 2 heterocycles. The fraction of sp³-hybridized carbons (Fsp3) is 0.250. The fourth-order valence-corrected chi connectivity index (χ4v) is 2.41. The number of carbonyl (C=O) groups excluding carboxylic acids is 1. The first-order valence-corrected chi connectivity index (χ1v) is 7.08. The number of aromatic nitrogens is 3. The van der Waals surface area contributed by atoms with Crippen LogP contribution in [0.1, 0.15) is 19.9 Å². The van der Waals surface area contributed by atoms with Gasteiger partial charge < -0.3 is 9.88 Å². The predicted octanol–water partition coefficient (Wildman–Crippen LogP) is 3.06. The van der Waals surface area contributed by atoms with Gasteiger partial charge in [-0.05, 0) is 43.5 Å². The maximum absolute atomic E-state index is 12.3. The second-order valence-electron chi connectivity index (χ2n) is 5.03. The van der Waals surface area contributed by atoms with Gasteiger partial charge in [-0.2, -0.15) is 5.10 Å². The van der Waals surface area contributed by atoms with Gasteiger partial charge in [-0.3, -0.25) is 9.48 Å². The molecular weight excluding hydrogens is 264 g/mol. The molecule has 1 unspecified atom stereocenters. The zero-order valence-electron chi connectivity index (χ0n) is 12.2. The molecule has 3 rings (SSSR count). The Morgan fingerprint density at radius 1 is 1.33 bits per heavy atom. The number of rotatable bonds is 4. The number of nitrogens with zero attached hydrogens (tertiary/aromatic N) is 3. The number of amides is 1. The first-order valence-electron chi connectivity index (χ1n) is 7.08. The lowest BCUT2D eigenvalue weighted by molar-refractivity contribution is -0.119. The zero-order valence-corrected chi connectivity index (χ0v) is 12.2. The topological polar surface area (TPSA) is 51.9 Å². The van der Waals surface area contributed by atoms with Crippen molar-refractivity contribution in [2.45, 2.75) is 26.4 Å². The Bertz CT molecular complexity index is 758. The molecule has 0 bridgehead atoms. The fourth-order valence-electron chi connectivity index (χ4n) is 2.41. The molecular formula is C16H18N4O. The molecule has 0 aliphatic carbocycles. The molecule has 1 aromatic carbocycles. The van der Waals surface area contributed by atoms with E-state index in [0.29, 0.717) is 0 Å². The van der Waals surface area contributed by atoms with Gasteiger partial charge in [-0.15, -0.1) is 0 Å². The van der Waals surface area contributed by atoms with E-state index in [2.05, 4.69) is 34.2 Å². The zero-order chi connectivity index (χ0) is 14.8. The molecule has 0 fully saturated rings. The SMILES string of the molecule is CCn1ccc2ccc(NC(=O)C(C)n3cccn3)cc21. The van der Waals surface area contributed by atoms with Gasteiger partial charge in [0.15, 0.2) is 0 Å². The van der Waals surface area contributed by atoms with E-state index in [0.717, 1.165) is 17.7 Å². The van der Waals surface area contributed by atoms with Crippen molar-refractivity contribution in [3.8, 4) is 0 Å². The summed E-state index contributed by atoms with van der Waals surface area (Å²) < 4.78 is 3.80. The van der Waals surface area contributed by atoms with Crippen LogP contribution >= 0.6 is 0 Å². The molecule has 21 heavy (non-hydrogen) atoms. The number of aryl methyl sites for hydroxylation is 1. The van der Waals surface area contributed by atoms with Gasteiger partial charge >= 0.3 is 0 Å². The minimum atomic E-state index is -0.339. The third kappa shape index (κ3) is 2.54. The molecule has 2 aromatic heterocycles. The molecule has 1 amide bonds. The van der Waals surface area contributed by atoms with Crippen LogP contribution in [0.5, 0.6) is 0 Å². The van der Waals surface area contributed by atoms with Crippen molar-refractivity contribution in [1.82, 2.24) is 14.3 Å². The van der Waals surface area contributed by atoms with E-state index >= 15 is 0 Å². The maximum Gasteiger partial charge on any atom is 0.248 e. The number of carbonyl (C=O) groups is 1. The van der Waals surface area contributed by atoms with Gasteiger partial charge in [0.2, 0.25) is 5.91 Å². The monoisotopic (exact) mass is 282 g/mol. The number of anilines is 1. The van der Waals surface area contributed by atoms with Crippen LogP contribution in [-0.4, -0.2) is 20.3 Å². The van der Waals surface area contributed by atoms with Crippen molar-refractivity contribution in [2.75, 3.05) is 5.32 Å². The molecule has 0 aliphatic heterocycles. The number of nitrogens with one attached hydrogen (secondary N) is 1. The second-order valence-corrected chi connectivity index (χ2v) is 5.03. The Morgan fingerprint density at radius 3 is 2.90 bits per heavy atom. The summed E-state index contributed by atoms with van der Waals surface area (Å²) in [6.45, 7) is 4.84. The molecule has 0 saturated carbocycles. The van der Waals surface area contributed by atoms with Crippen LogP contribution in [0.15, 0.2) is 48.9 Å². The van der Waals surface area contributed by atoms with Crippen LogP contribution in [0, 0.1) is 0 Å². The van der Waals surface area contributed by atoms with Crippen molar-refractivity contribution >= 4 is 22.5 Å². The smallest absolute Gasteiger partial charge is 0.248 e. The van der Waals surface area contributed by atoms with Crippen LogP contribution in [-0.2, 0) is 11.3 Å². The Kier molecular flexibility index (Phi) is 3.48. The van der Waals surface area contributed by atoms with Crippen molar-refractivity contribution in [2.24, 2.45) is 0 Å². The summed E-state index contributed by atoms with van der Waals surface area (Å²) in [7, 11) is 0. The van der Waals surface area contributed by atoms with E-state index < -0.39 is 0 Å².